The summed E-state index contributed by atoms with van der Waals surface area (Å²) in [6, 6.07) is 8.91. The third-order valence-electron chi connectivity index (χ3n) is 3.67. The Kier molecular flexibility index (Phi) is 4.24. The zero-order valence-corrected chi connectivity index (χ0v) is 11.5. The van der Waals surface area contributed by atoms with Gasteiger partial charge in [-0.25, -0.2) is 8.42 Å². The maximum Gasteiger partial charge on any atom is 0.322 e. The van der Waals surface area contributed by atoms with E-state index in [0.717, 1.165) is 24.8 Å². The smallest absolute Gasteiger partial charge is 0.322 e. The zero-order chi connectivity index (χ0) is 13.9. The topological polar surface area (TPSA) is 71.4 Å². The zero-order valence-electron chi connectivity index (χ0n) is 10.7. The van der Waals surface area contributed by atoms with Crippen LogP contribution in [0.3, 0.4) is 0 Å². The SMILES string of the molecule is O=C(O)C(Cc1ccccc1)S(=O)(=O)CC1CCC1. The molecule has 1 unspecified atom stereocenters. The monoisotopic (exact) mass is 282 g/mol. The molecule has 1 aromatic carbocycles. The molecule has 1 fully saturated rings. The molecule has 1 aliphatic rings. The van der Waals surface area contributed by atoms with Gasteiger partial charge in [-0.2, -0.15) is 0 Å². The van der Waals surface area contributed by atoms with Crippen molar-refractivity contribution in [3.63, 3.8) is 0 Å². The molecule has 0 saturated heterocycles. The van der Waals surface area contributed by atoms with Gasteiger partial charge in [-0.3, -0.25) is 4.79 Å². The molecule has 1 N–H and O–H groups in total. The summed E-state index contributed by atoms with van der Waals surface area (Å²) >= 11 is 0. The van der Waals surface area contributed by atoms with Crippen molar-refractivity contribution in [3.05, 3.63) is 35.9 Å². The van der Waals surface area contributed by atoms with Crippen molar-refractivity contribution in [1.29, 1.82) is 0 Å². The molecule has 0 amide bonds. The molecule has 19 heavy (non-hydrogen) atoms. The molecular weight excluding hydrogens is 264 g/mol. The Labute approximate surface area is 113 Å². The Morgan fingerprint density at radius 3 is 2.37 bits per heavy atom. The normalized spacial score (nSPS) is 17.7. The lowest BCUT2D eigenvalue weighted by molar-refractivity contribution is -0.136. The summed E-state index contributed by atoms with van der Waals surface area (Å²) in [7, 11) is -3.58. The number of carboxylic acids is 1. The van der Waals surface area contributed by atoms with Crippen molar-refractivity contribution in [2.45, 2.75) is 30.9 Å². The molecule has 1 aromatic rings. The number of sulfone groups is 1. The van der Waals surface area contributed by atoms with Crippen molar-refractivity contribution in [2.75, 3.05) is 5.75 Å². The summed E-state index contributed by atoms with van der Waals surface area (Å²) in [5.74, 6) is -1.08. The molecule has 1 aliphatic carbocycles. The fourth-order valence-electron chi connectivity index (χ4n) is 2.30. The van der Waals surface area contributed by atoms with E-state index < -0.39 is 21.1 Å². The van der Waals surface area contributed by atoms with E-state index in [4.69, 9.17) is 0 Å². The molecule has 0 spiro atoms. The fourth-order valence-corrected chi connectivity index (χ4v) is 4.28. The van der Waals surface area contributed by atoms with Crippen LogP contribution in [0.5, 0.6) is 0 Å². The third-order valence-corrected chi connectivity index (χ3v) is 5.84. The van der Waals surface area contributed by atoms with Crippen LogP contribution in [0.25, 0.3) is 0 Å². The van der Waals surface area contributed by atoms with E-state index in [0.29, 0.717) is 0 Å². The first kappa shape index (κ1) is 14.1. The van der Waals surface area contributed by atoms with Crippen LogP contribution in [-0.2, 0) is 21.1 Å². The Hall–Kier alpha value is -1.36. The molecule has 0 heterocycles. The minimum absolute atomic E-state index is 0.0107. The van der Waals surface area contributed by atoms with Crippen molar-refractivity contribution >= 4 is 15.8 Å². The van der Waals surface area contributed by atoms with Crippen LogP contribution in [0.4, 0.5) is 0 Å². The highest BCUT2D eigenvalue weighted by Crippen LogP contribution is 2.29. The number of rotatable bonds is 6. The molecule has 0 bridgehead atoms. The first-order chi connectivity index (χ1) is 8.99. The van der Waals surface area contributed by atoms with Gasteiger partial charge in [0.1, 0.15) is 0 Å². The summed E-state index contributed by atoms with van der Waals surface area (Å²) in [4.78, 5) is 11.3. The lowest BCUT2D eigenvalue weighted by atomic mass is 9.87. The van der Waals surface area contributed by atoms with E-state index in [1.54, 1.807) is 24.3 Å². The highest BCUT2D eigenvalue weighted by molar-refractivity contribution is 7.92. The number of carboxylic acid groups (broad SMARTS) is 1. The van der Waals surface area contributed by atoms with Crippen LogP contribution >= 0.6 is 0 Å². The van der Waals surface area contributed by atoms with Gasteiger partial charge in [0.15, 0.2) is 15.1 Å². The average molecular weight is 282 g/mol. The summed E-state index contributed by atoms with van der Waals surface area (Å²) in [6.45, 7) is 0. The molecule has 1 atom stereocenters. The van der Waals surface area contributed by atoms with Gasteiger partial charge < -0.3 is 5.11 Å². The van der Waals surface area contributed by atoms with Crippen LogP contribution in [0, 0.1) is 5.92 Å². The number of hydrogen-bond donors (Lipinski definition) is 1. The van der Waals surface area contributed by atoms with Crippen molar-refractivity contribution in [1.82, 2.24) is 0 Å². The van der Waals surface area contributed by atoms with Gasteiger partial charge in [-0.1, -0.05) is 36.8 Å². The summed E-state index contributed by atoms with van der Waals surface area (Å²) in [5, 5.41) is 7.87. The molecule has 5 heteroatoms. The second-order valence-corrected chi connectivity index (χ2v) is 7.37. The molecule has 104 valence electrons. The van der Waals surface area contributed by atoms with E-state index >= 15 is 0 Å². The van der Waals surface area contributed by atoms with E-state index in [9.17, 15) is 18.3 Å². The maximum atomic E-state index is 12.2. The van der Waals surface area contributed by atoms with Crippen LogP contribution < -0.4 is 0 Å². The Bertz CT molecular complexity index is 532. The minimum atomic E-state index is -3.58. The lowest BCUT2D eigenvalue weighted by Gasteiger charge is -2.26. The first-order valence-electron chi connectivity index (χ1n) is 6.47. The van der Waals surface area contributed by atoms with E-state index in [1.807, 2.05) is 6.07 Å². The van der Waals surface area contributed by atoms with Gasteiger partial charge in [0, 0.05) is 0 Å². The molecule has 0 radical (unpaired) electrons. The van der Waals surface area contributed by atoms with E-state index in [-0.39, 0.29) is 18.1 Å². The molecule has 1 saturated carbocycles. The van der Waals surface area contributed by atoms with Crippen LogP contribution in [0.1, 0.15) is 24.8 Å². The summed E-state index contributed by atoms with van der Waals surface area (Å²) < 4.78 is 24.4. The largest absolute Gasteiger partial charge is 0.480 e. The second-order valence-electron chi connectivity index (χ2n) is 5.14. The van der Waals surface area contributed by atoms with Crippen LogP contribution in [-0.4, -0.2) is 30.5 Å². The van der Waals surface area contributed by atoms with Gasteiger partial charge in [0.05, 0.1) is 5.75 Å². The van der Waals surface area contributed by atoms with Gasteiger partial charge in [0.25, 0.3) is 0 Å². The summed E-state index contributed by atoms with van der Waals surface area (Å²) in [5.41, 5.74) is 0.743. The Morgan fingerprint density at radius 1 is 1.26 bits per heavy atom. The number of hydrogen-bond acceptors (Lipinski definition) is 3. The standard InChI is InChI=1S/C14H18O4S/c15-14(16)13(9-11-5-2-1-3-6-11)19(17,18)10-12-7-4-8-12/h1-3,5-6,12-13H,4,7-10H2,(H,15,16). The highest BCUT2D eigenvalue weighted by atomic mass is 32.2. The number of aliphatic carboxylic acids is 1. The van der Waals surface area contributed by atoms with Crippen molar-refractivity contribution in [3.8, 4) is 0 Å². The van der Waals surface area contributed by atoms with E-state index in [2.05, 4.69) is 0 Å². The van der Waals surface area contributed by atoms with Crippen LogP contribution in [0.15, 0.2) is 30.3 Å². The predicted octanol–water partition coefficient (Wildman–Crippen LogP) is 1.90. The quantitative estimate of drug-likeness (QED) is 0.865. The first-order valence-corrected chi connectivity index (χ1v) is 8.19. The van der Waals surface area contributed by atoms with Gasteiger partial charge in [0.2, 0.25) is 0 Å². The van der Waals surface area contributed by atoms with Gasteiger partial charge in [-0.15, -0.1) is 0 Å². The Balaban J connectivity index is 2.12. The van der Waals surface area contributed by atoms with Crippen LogP contribution in [0.2, 0.25) is 0 Å². The highest BCUT2D eigenvalue weighted by Gasteiger charge is 2.35. The van der Waals surface area contributed by atoms with Crippen molar-refractivity contribution in [2.24, 2.45) is 5.92 Å². The van der Waals surface area contributed by atoms with Gasteiger partial charge >= 0.3 is 5.97 Å². The second kappa shape index (κ2) is 5.74. The molecule has 0 aromatic heterocycles. The molecular formula is C14H18O4S. The van der Waals surface area contributed by atoms with Crippen molar-refractivity contribution < 1.29 is 18.3 Å². The van der Waals surface area contributed by atoms with E-state index in [1.165, 1.54) is 0 Å². The average Bonchev–Trinajstić information content (AvgIpc) is 2.32. The Morgan fingerprint density at radius 2 is 1.89 bits per heavy atom. The number of benzene rings is 1. The fraction of sp³-hybridized carbons (Fsp3) is 0.500. The molecule has 2 rings (SSSR count). The molecule has 0 aliphatic heterocycles. The van der Waals surface area contributed by atoms with Gasteiger partial charge in [-0.05, 0) is 30.7 Å². The third kappa shape index (κ3) is 3.56. The minimum Gasteiger partial charge on any atom is -0.480 e. The lowest BCUT2D eigenvalue weighted by Crippen LogP contribution is -2.37. The molecule has 4 nitrogen and oxygen atoms in total. The summed E-state index contributed by atoms with van der Waals surface area (Å²) in [6.07, 6.45) is 2.90. The number of carbonyl (C=O) groups is 1. The maximum absolute atomic E-state index is 12.2. The predicted molar refractivity (Wildman–Crippen MR) is 72.7 cm³/mol.